The number of hydrogen-bond acceptors (Lipinski definition) is 10. The Morgan fingerprint density at radius 2 is 1.51 bits per heavy atom. The van der Waals surface area contributed by atoms with Gasteiger partial charge in [0, 0.05) is 6.26 Å². The van der Waals surface area contributed by atoms with Gasteiger partial charge in [-0.2, -0.15) is 0 Å². The highest BCUT2D eigenvalue weighted by Crippen LogP contribution is 2.45. The van der Waals surface area contributed by atoms with E-state index in [0.717, 1.165) is 6.26 Å². The van der Waals surface area contributed by atoms with Gasteiger partial charge in [0.2, 0.25) is 6.29 Å². The van der Waals surface area contributed by atoms with Crippen LogP contribution in [-0.4, -0.2) is 84.0 Å². The van der Waals surface area contributed by atoms with Crippen LogP contribution < -0.4 is 0 Å². The summed E-state index contributed by atoms with van der Waals surface area (Å²) in [6.45, 7) is 0. The third-order valence-corrected chi connectivity index (χ3v) is 7.20. The number of ether oxygens (including phenoxy) is 3. The van der Waals surface area contributed by atoms with Crippen LogP contribution in [0.15, 0.2) is 59.5 Å². The van der Waals surface area contributed by atoms with Gasteiger partial charge >= 0.3 is 11.9 Å². The first-order valence-electron chi connectivity index (χ1n) is 10.6. The number of benzene rings is 2. The molecule has 0 aliphatic carbocycles. The van der Waals surface area contributed by atoms with Crippen molar-refractivity contribution in [1.82, 2.24) is 0 Å². The predicted octanol–water partition coefficient (Wildman–Crippen LogP) is -0.251. The second kappa shape index (κ2) is 9.64. The van der Waals surface area contributed by atoms with Crippen molar-refractivity contribution in [2.24, 2.45) is 0 Å². The van der Waals surface area contributed by atoms with Crippen molar-refractivity contribution >= 4 is 21.8 Å². The molecular formula is C23H24O11S. The second-order valence-electron chi connectivity index (χ2n) is 8.43. The molecule has 0 bridgehead atoms. The molecule has 0 radical (unpaired) electrons. The van der Waals surface area contributed by atoms with Crippen LogP contribution in [-0.2, 0) is 33.6 Å². The summed E-state index contributed by atoms with van der Waals surface area (Å²) >= 11 is 0. The Balaban J connectivity index is 1.70. The van der Waals surface area contributed by atoms with Crippen molar-refractivity contribution in [3.05, 3.63) is 65.7 Å². The third kappa shape index (κ3) is 4.94. The van der Waals surface area contributed by atoms with Crippen molar-refractivity contribution in [1.29, 1.82) is 0 Å². The molecule has 2 heterocycles. The molecule has 0 spiro atoms. The summed E-state index contributed by atoms with van der Waals surface area (Å²) in [6.07, 6.45) is -9.64. The van der Waals surface area contributed by atoms with Crippen molar-refractivity contribution in [3.63, 3.8) is 0 Å². The average Bonchev–Trinajstić information content (AvgIpc) is 3.14. The van der Waals surface area contributed by atoms with Crippen LogP contribution in [0.25, 0.3) is 0 Å². The zero-order chi connectivity index (χ0) is 25.5. The highest BCUT2D eigenvalue weighted by Gasteiger charge is 2.52. The Kier molecular flexibility index (Phi) is 6.95. The van der Waals surface area contributed by atoms with Gasteiger partial charge in [-0.15, -0.1) is 0 Å². The van der Waals surface area contributed by atoms with Crippen molar-refractivity contribution in [3.8, 4) is 0 Å². The van der Waals surface area contributed by atoms with Crippen LogP contribution >= 0.6 is 0 Å². The molecule has 0 saturated carbocycles. The number of cyclic esters (lactones) is 1. The summed E-state index contributed by atoms with van der Waals surface area (Å²) in [4.78, 5) is 24.4. The molecule has 188 valence electrons. The number of aliphatic hydroxyl groups excluding tert-OH is 3. The van der Waals surface area contributed by atoms with E-state index >= 15 is 0 Å². The van der Waals surface area contributed by atoms with E-state index < -0.39 is 70.6 Å². The standard InChI is InChI=1S/C23H24O11S/c1-35(30,31)13-9-7-12(8-10-13)15-14(11-5-3-2-4-6-11)21(29)33-22(15)34-23-18(26)16(24)17(25)19(32-23)20(27)28/h2-10,14-19,22-26H,1H3,(H,27,28)/t14?,15?,16-,17-,18+,19-,22?,23-/m0/s1. The van der Waals surface area contributed by atoms with Gasteiger partial charge < -0.3 is 34.6 Å². The zero-order valence-electron chi connectivity index (χ0n) is 18.4. The Labute approximate surface area is 200 Å². The van der Waals surface area contributed by atoms with Crippen LogP contribution in [0.2, 0.25) is 0 Å². The van der Waals surface area contributed by atoms with Crippen LogP contribution in [0.5, 0.6) is 0 Å². The molecule has 2 aliphatic rings. The average molecular weight is 509 g/mol. The number of rotatable bonds is 6. The summed E-state index contributed by atoms with van der Waals surface area (Å²) in [5.74, 6) is -3.98. The lowest BCUT2D eigenvalue weighted by atomic mass is 9.83. The molecule has 2 fully saturated rings. The highest BCUT2D eigenvalue weighted by molar-refractivity contribution is 7.90. The zero-order valence-corrected chi connectivity index (χ0v) is 19.2. The molecule has 2 saturated heterocycles. The minimum Gasteiger partial charge on any atom is -0.479 e. The monoisotopic (exact) mass is 508 g/mol. The number of aliphatic carboxylic acids is 1. The van der Waals surface area contributed by atoms with Gasteiger partial charge in [-0.25, -0.2) is 13.2 Å². The summed E-state index contributed by atoms with van der Waals surface area (Å²) in [7, 11) is -3.48. The molecular weight excluding hydrogens is 484 g/mol. The molecule has 2 aromatic carbocycles. The van der Waals surface area contributed by atoms with Gasteiger partial charge in [-0.1, -0.05) is 42.5 Å². The number of carboxylic acids is 1. The lowest BCUT2D eigenvalue weighted by Gasteiger charge is -2.39. The van der Waals surface area contributed by atoms with Gasteiger partial charge in [-0.05, 0) is 23.3 Å². The first kappa shape index (κ1) is 25.2. The molecule has 35 heavy (non-hydrogen) atoms. The maximum atomic E-state index is 12.9. The molecule has 3 unspecified atom stereocenters. The van der Waals surface area contributed by atoms with E-state index in [2.05, 4.69) is 0 Å². The first-order chi connectivity index (χ1) is 16.5. The fraction of sp³-hybridized carbons (Fsp3) is 0.391. The van der Waals surface area contributed by atoms with Gasteiger partial charge in [0.25, 0.3) is 0 Å². The Morgan fingerprint density at radius 3 is 2.09 bits per heavy atom. The van der Waals surface area contributed by atoms with E-state index in [-0.39, 0.29) is 4.90 Å². The number of carbonyl (C=O) groups is 2. The number of hydrogen-bond donors (Lipinski definition) is 4. The normalized spacial score (nSPS) is 33.3. The fourth-order valence-corrected chi connectivity index (χ4v) is 4.89. The van der Waals surface area contributed by atoms with Crippen molar-refractivity contribution in [2.45, 2.75) is 53.7 Å². The predicted molar refractivity (Wildman–Crippen MR) is 117 cm³/mol. The fourth-order valence-electron chi connectivity index (χ4n) is 4.26. The number of aliphatic hydroxyl groups is 3. The summed E-state index contributed by atoms with van der Waals surface area (Å²) in [5.41, 5.74) is 1.06. The van der Waals surface area contributed by atoms with Crippen LogP contribution in [0, 0.1) is 0 Å². The molecule has 0 amide bonds. The smallest absolute Gasteiger partial charge is 0.335 e. The molecule has 2 aliphatic heterocycles. The quantitative estimate of drug-likeness (QED) is 0.378. The maximum Gasteiger partial charge on any atom is 0.335 e. The number of carboxylic acid groups (broad SMARTS) is 1. The van der Waals surface area contributed by atoms with E-state index in [9.17, 15) is 38.4 Å². The Morgan fingerprint density at radius 1 is 0.886 bits per heavy atom. The van der Waals surface area contributed by atoms with Crippen LogP contribution in [0.1, 0.15) is 23.0 Å². The molecule has 2 aromatic rings. The summed E-state index contributed by atoms with van der Waals surface area (Å²) in [6, 6.07) is 14.4. The molecule has 12 heteroatoms. The van der Waals surface area contributed by atoms with E-state index in [1.807, 2.05) is 0 Å². The Hall–Kier alpha value is -2.87. The maximum absolute atomic E-state index is 12.9. The van der Waals surface area contributed by atoms with E-state index in [1.165, 1.54) is 24.3 Å². The minimum absolute atomic E-state index is 0.0627. The first-order valence-corrected chi connectivity index (χ1v) is 12.5. The van der Waals surface area contributed by atoms with E-state index in [0.29, 0.717) is 11.1 Å². The van der Waals surface area contributed by atoms with E-state index in [1.54, 1.807) is 30.3 Å². The van der Waals surface area contributed by atoms with Crippen molar-refractivity contribution < 1.29 is 52.6 Å². The van der Waals surface area contributed by atoms with Gasteiger partial charge in [0.1, 0.15) is 18.3 Å². The molecule has 11 nitrogen and oxygen atoms in total. The molecule has 8 atom stereocenters. The molecule has 4 N–H and O–H groups in total. The second-order valence-corrected chi connectivity index (χ2v) is 10.4. The molecule has 4 rings (SSSR count). The topological polar surface area (TPSA) is 177 Å². The largest absolute Gasteiger partial charge is 0.479 e. The third-order valence-electron chi connectivity index (χ3n) is 6.07. The van der Waals surface area contributed by atoms with Gasteiger partial charge in [0.05, 0.1) is 16.7 Å². The summed E-state index contributed by atoms with van der Waals surface area (Å²) < 4.78 is 40.0. The minimum atomic E-state index is -3.48. The molecule has 0 aromatic heterocycles. The number of sulfone groups is 1. The highest BCUT2D eigenvalue weighted by atomic mass is 32.2. The number of esters is 1. The van der Waals surface area contributed by atoms with Crippen molar-refractivity contribution in [2.75, 3.05) is 6.26 Å². The SMILES string of the molecule is CS(=O)(=O)c1ccc(C2C(O[C@@H]3O[C@H](C(=O)O)[C@@H](O)[C@H](O)[C@H]3O)OC(=O)C2c2ccccc2)cc1. The van der Waals surface area contributed by atoms with Gasteiger partial charge in [-0.3, -0.25) is 4.79 Å². The summed E-state index contributed by atoms with van der Waals surface area (Å²) in [5, 5.41) is 39.6. The van der Waals surface area contributed by atoms with E-state index in [4.69, 9.17) is 14.2 Å². The lowest BCUT2D eigenvalue weighted by molar-refractivity contribution is -0.324. The number of carbonyl (C=O) groups excluding carboxylic acids is 1. The Bertz CT molecular complexity index is 1180. The lowest BCUT2D eigenvalue weighted by Crippen LogP contribution is -2.61. The van der Waals surface area contributed by atoms with Crippen LogP contribution in [0.3, 0.4) is 0 Å². The van der Waals surface area contributed by atoms with Gasteiger partial charge in [0.15, 0.2) is 22.2 Å². The van der Waals surface area contributed by atoms with Crippen LogP contribution in [0.4, 0.5) is 0 Å².